The third kappa shape index (κ3) is 2.86. The van der Waals surface area contributed by atoms with Gasteiger partial charge in [0.15, 0.2) is 0 Å². The van der Waals surface area contributed by atoms with Gasteiger partial charge in [0.25, 0.3) is 0 Å². The normalized spacial score (nSPS) is 13.2. The molecule has 0 N–H and O–H groups in total. The highest BCUT2D eigenvalue weighted by Crippen LogP contribution is 2.31. The molecule has 5 nitrogen and oxygen atoms in total. The quantitative estimate of drug-likeness (QED) is 0.729. The lowest BCUT2D eigenvalue weighted by Crippen LogP contribution is -2.39. The standard InChI is InChI=1S/C21H21N3O2/c1-15-18(16(2)24(22-15)17-8-4-3-5-9-17)14-21(25)23-12-13-26-20-11-7-6-10-19(20)23/h3-11H,12-14H2,1-2H3. The van der Waals surface area contributed by atoms with Gasteiger partial charge in [-0.15, -0.1) is 0 Å². The molecule has 0 fully saturated rings. The summed E-state index contributed by atoms with van der Waals surface area (Å²) in [5, 5.41) is 4.64. The van der Waals surface area contributed by atoms with E-state index in [0.29, 0.717) is 19.6 Å². The van der Waals surface area contributed by atoms with Crippen LogP contribution in [0.2, 0.25) is 0 Å². The Morgan fingerprint density at radius 3 is 2.62 bits per heavy atom. The van der Waals surface area contributed by atoms with Crippen molar-refractivity contribution in [2.45, 2.75) is 20.3 Å². The largest absolute Gasteiger partial charge is 0.490 e. The molecule has 0 atom stereocenters. The predicted molar refractivity (Wildman–Crippen MR) is 101 cm³/mol. The van der Waals surface area contributed by atoms with E-state index in [1.807, 2.05) is 78.0 Å². The van der Waals surface area contributed by atoms with Crippen LogP contribution in [0.5, 0.6) is 5.75 Å². The Kier molecular flexibility index (Phi) is 4.21. The molecule has 4 rings (SSSR count). The summed E-state index contributed by atoms with van der Waals surface area (Å²) in [6, 6.07) is 17.7. The molecule has 0 aliphatic carbocycles. The Balaban J connectivity index is 1.63. The number of aryl methyl sites for hydroxylation is 1. The molecule has 1 aromatic heterocycles. The van der Waals surface area contributed by atoms with Crippen molar-refractivity contribution in [1.82, 2.24) is 9.78 Å². The number of hydrogen-bond donors (Lipinski definition) is 0. The van der Waals surface area contributed by atoms with E-state index in [-0.39, 0.29) is 5.91 Å². The number of rotatable bonds is 3. The summed E-state index contributed by atoms with van der Waals surface area (Å²) >= 11 is 0. The van der Waals surface area contributed by atoms with E-state index in [0.717, 1.165) is 34.1 Å². The number of nitrogens with zero attached hydrogens (tertiary/aromatic N) is 3. The minimum absolute atomic E-state index is 0.0690. The van der Waals surface area contributed by atoms with Crippen LogP contribution in [0.25, 0.3) is 5.69 Å². The van der Waals surface area contributed by atoms with Crippen molar-refractivity contribution in [2.24, 2.45) is 0 Å². The number of carbonyl (C=O) groups excluding carboxylic acids is 1. The van der Waals surface area contributed by atoms with Crippen LogP contribution in [0, 0.1) is 13.8 Å². The topological polar surface area (TPSA) is 47.4 Å². The summed E-state index contributed by atoms with van der Waals surface area (Å²) in [5.74, 6) is 0.833. The van der Waals surface area contributed by atoms with E-state index in [9.17, 15) is 4.79 Å². The fourth-order valence-corrected chi connectivity index (χ4v) is 3.43. The Labute approximate surface area is 152 Å². The molecule has 0 spiro atoms. The van der Waals surface area contributed by atoms with Gasteiger partial charge in [-0.2, -0.15) is 5.10 Å². The number of ether oxygens (including phenoxy) is 1. The summed E-state index contributed by atoms with van der Waals surface area (Å²) < 4.78 is 7.56. The zero-order valence-electron chi connectivity index (χ0n) is 15.0. The summed E-state index contributed by atoms with van der Waals surface area (Å²) in [6.07, 6.45) is 0.332. The van der Waals surface area contributed by atoms with Crippen LogP contribution in [0.4, 0.5) is 5.69 Å². The van der Waals surface area contributed by atoms with Crippen LogP contribution in [0.3, 0.4) is 0 Å². The monoisotopic (exact) mass is 347 g/mol. The smallest absolute Gasteiger partial charge is 0.231 e. The van der Waals surface area contributed by atoms with E-state index >= 15 is 0 Å². The van der Waals surface area contributed by atoms with Crippen molar-refractivity contribution in [3.05, 3.63) is 71.5 Å². The number of carbonyl (C=O) groups is 1. The number of para-hydroxylation sites is 3. The van der Waals surface area contributed by atoms with Crippen LogP contribution in [0.15, 0.2) is 54.6 Å². The second-order valence-corrected chi connectivity index (χ2v) is 6.44. The predicted octanol–water partition coefficient (Wildman–Crippen LogP) is 3.46. The van der Waals surface area contributed by atoms with Crippen molar-refractivity contribution in [2.75, 3.05) is 18.1 Å². The van der Waals surface area contributed by atoms with Gasteiger partial charge in [-0.05, 0) is 38.1 Å². The Bertz CT molecular complexity index is 947. The first-order valence-corrected chi connectivity index (χ1v) is 8.78. The van der Waals surface area contributed by atoms with Crippen molar-refractivity contribution in [3.63, 3.8) is 0 Å². The van der Waals surface area contributed by atoms with Crippen molar-refractivity contribution in [3.8, 4) is 11.4 Å². The highest BCUT2D eigenvalue weighted by atomic mass is 16.5. The summed E-state index contributed by atoms with van der Waals surface area (Å²) in [5.41, 5.74) is 4.73. The Morgan fingerprint density at radius 2 is 1.81 bits per heavy atom. The summed E-state index contributed by atoms with van der Waals surface area (Å²) in [7, 11) is 0. The maximum absolute atomic E-state index is 13.0. The van der Waals surface area contributed by atoms with Crippen molar-refractivity contribution >= 4 is 11.6 Å². The van der Waals surface area contributed by atoms with Gasteiger partial charge in [0, 0.05) is 11.3 Å². The molecular weight excluding hydrogens is 326 g/mol. The molecule has 0 radical (unpaired) electrons. The van der Waals surface area contributed by atoms with Crippen LogP contribution >= 0.6 is 0 Å². The molecule has 1 amide bonds. The zero-order valence-corrected chi connectivity index (χ0v) is 15.0. The molecule has 0 saturated carbocycles. The Morgan fingerprint density at radius 1 is 1.08 bits per heavy atom. The average Bonchev–Trinajstić information content (AvgIpc) is 2.96. The first-order chi connectivity index (χ1) is 12.6. The minimum Gasteiger partial charge on any atom is -0.490 e. The van der Waals surface area contributed by atoms with Gasteiger partial charge in [-0.3, -0.25) is 4.79 Å². The van der Waals surface area contributed by atoms with Crippen LogP contribution in [-0.2, 0) is 11.2 Å². The fourth-order valence-electron chi connectivity index (χ4n) is 3.43. The molecule has 26 heavy (non-hydrogen) atoms. The molecule has 0 bridgehead atoms. The number of fused-ring (bicyclic) bond motifs is 1. The number of benzene rings is 2. The lowest BCUT2D eigenvalue weighted by atomic mass is 10.1. The van der Waals surface area contributed by atoms with E-state index in [1.165, 1.54) is 0 Å². The second-order valence-electron chi connectivity index (χ2n) is 6.44. The maximum atomic E-state index is 13.0. The highest BCUT2D eigenvalue weighted by molar-refractivity contribution is 5.96. The lowest BCUT2D eigenvalue weighted by Gasteiger charge is -2.29. The van der Waals surface area contributed by atoms with E-state index in [1.54, 1.807) is 0 Å². The second kappa shape index (κ2) is 6.67. The molecule has 5 heteroatoms. The van der Waals surface area contributed by atoms with Gasteiger partial charge in [-0.25, -0.2) is 4.68 Å². The molecule has 1 aliphatic rings. The molecular formula is C21H21N3O2. The van der Waals surface area contributed by atoms with Gasteiger partial charge in [-0.1, -0.05) is 30.3 Å². The zero-order chi connectivity index (χ0) is 18.1. The minimum atomic E-state index is 0.0690. The van der Waals surface area contributed by atoms with Gasteiger partial charge >= 0.3 is 0 Å². The summed E-state index contributed by atoms with van der Waals surface area (Å²) in [4.78, 5) is 14.8. The molecule has 2 heterocycles. The molecule has 3 aromatic rings. The van der Waals surface area contributed by atoms with Gasteiger partial charge in [0.2, 0.25) is 5.91 Å². The summed E-state index contributed by atoms with van der Waals surface area (Å²) in [6.45, 7) is 5.07. The SMILES string of the molecule is Cc1nn(-c2ccccc2)c(C)c1CC(=O)N1CCOc2ccccc21. The highest BCUT2D eigenvalue weighted by Gasteiger charge is 2.25. The number of aromatic nitrogens is 2. The maximum Gasteiger partial charge on any atom is 0.231 e. The number of anilines is 1. The third-order valence-corrected chi connectivity index (χ3v) is 4.80. The van der Waals surface area contributed by atoms with Crippen LogP contribution in [-0.4, -0.2) is 28.8 Å². The van der Waals surface area contributed by atoms with Gasteiger partial charge in [0.05, 0.1) is 30.0 Å². The van der Waals surface area contributed by atoms with Gasteiger partial charge < -0.3 is 9.64 Å². The van der Waals surface area contributed by atoms with E-state index < -0.39 is 0 Å². The molecule has 0 saturated heterocycles. The molecule has 0 unspecified atom stereocenters. The fraction of sp³-hybridized carbons (Fsp3) is 0.238. The first kappa shape index (κ1) is 16.4. The van der Waals surface area contributed by atoms with Crippen molar-refractivity contribution in [1.29, 1.82) is 0 Å². The van der Waals surface area contributed by atoms with E-state index in [4.69, 9.17) is 4.74 Å². The number of amides is 1. The molecule has 132 valence electrons. The Hall–Kier alpha value is -3.08. The average molecular weight is 347 g/mol. The first-order valence-electron chi connectivity index (χ1n) is 8.78. The molecule has 2 aromatic carbocycles. The third-order valence-electron chi connectivity index (χ3n) is 4.80. The molecule has 1 aliphatic heterocycles. The number of hydrogen-bond acceptors (Lipinski definition) is 3. The van der Waals surface area contributed by atoms with Crippen molar-refractivity contribution < 1.29 is 9.53 Å². The van der Waals surface area contributed by atoms with E-state index in [2.05, 4.69) is 5.10 Å². The lowest BCUT2D eigenvalue weighted by molar-refractivity contribution is -0.118. The van der Waals surface area contributed by atoms with Crippen LogP contribution in [0.1, 0.15) is 17.0 Å². The van der Waals surface area contributed by atoms with Gasteiger partial charge in [0.1, 0.15) is 12.4 Å². The van der Waals surface area contributed by atoms with Crippen LogP contribution < -0.4 is 9.64 Å².